The average Bonchev–Trinajstić information content (AvgIpc) is 3.03. The van der Waals surface area contributed by atoms with E-state index in [-0.39, 0.29) is 24.0 Å². The van der Waals surface area contributed by atoms with Crippen LogP contribution in [0.15, 0.2) is 33.7 Å². The van der Waals surface area contributed by atoms with Crippen LogP contribution in [0.25, 0.3) is 0 Å². The second-order valence-electron chi connectivity index (χ2n) is 8.15. The number of oxazole rings is 1. The van der Waals surface area contributed by atoms with Crippen molar-refractivity contribution in [2.45, 2.75) is 46.7 Å². The van der Waals surface area contributed by atoms with Crippen molar-refractivity contribution in [3.8, 4) is 0 Å². The smallest absolute Gasteiger partial charge is 0.208 e. The van der Waals surface area contributed by atoms with Gasteiger partial charge in [-0.1, -0.05) is 23.7 Å². The summed E-state index contributed by atoms with van der Waals surface area (Å²) >= 11 is 6.13. The summed E-state index contributed by atoms with van der Waals surface area (Å²) in [6.45, 7) is 11.5. The van der Waals surface area contributed by atoms with E-state index in [1.165, 1.54) is 5.56 Å². The van der Waals surface area contributed by atoms with Crippen LogP contribution in [0.1, 0.15) is 42.7 Å². The summed E-state index contributed by atoms with van der Waals surface area (Å²) in [4.78, 5) is 14.0. The first-order valence-electron chi connectivity index (χ1n) is 10.8. The van der Waals surface area contributed by atoms with Gasteiger partial charge in [0.2, 0.25) is 5.89 Å². The number of aromatic nitrogens is 1. The fourth-order valence-corrected chi connectivity index (χ4v) is 4.01. The van der Waals surface area contributed by atoms with Crippen molar-refractivity contribution in [2.24, 2.45) is 10.9 Å². The normalized spacial score (nSPS) is 15.6. The van der Waals surface area contributed by atoms with Gasteiger partial charge in [0, 0.05) is 31.7 Å². The van der Waals surface area contributed by atoms with E-state index in [2.05, 4.69) is 40.1 Å². The molecule has 1 N–H and O–H groups in total. The minimum atomic E-state index is 0. The number of aliphatic imine (C=N–C) groups is 1. The Kier molecular flexibility index (Phi) is 10.6. The number of piperidine rings is 1. The van der Waals surface area contributed by atoms with Crippen molar-refractivity contribution in [1.29, 1.82) is 0 Å². The summed E-state index contributed by atoms with van der Waals surface area (Å²) in [5.41, 5.74) is 2.17. The van der Waals surface area contributed by atoms with Crippen LogP contribution < -0.4 is 5.32 Å². The first kappa shape index (κ1) is 25.9. The third kappa shape index (κ3) is 7.95. The molecule has 0 aliphatic carbocycles. The van der Waals surface area contributed by atoms with Crippen LogP contribution in [0.5, 0.6) is 0 Å². The first-order chi connectivity index (χ1) is 14.4. The Morgan fingerprint density at radius 3 is 2.68 bits per heavy atom. The van der Waals surface area contributed by atoms with E-state index in [1.807, 2.05) is 32.0 Å². The fraction of sp³-hybridized carbons (Fsp3) is 0.565. The molecule has 0 radical (unpaired) electrons. The Labute approximate surface area is 208 Å². The van der Waals surface area contributed by atoms with Gasteiger partial charge >= 0.3 is 0 Å². The van der Waals surface area contributed by atoms with Gasteiger partial charge in [-0.25, -0.2) is 4.98 Å². The molecule has 1 aromatic carbocycles. The average molecular weight is 560 g/mol. The molecule has 1 aromatic heterocycles. The van der Waals surface area contributed by atoms with Gasteiger partial charge in [0.15, 0.2) is 5.96 Å². The van der Waals surface area contributed by atoms with Crippen LogP contribution in [-0.4, -0.2) is 54.0 Å². The predicted molar refractivity (Wildman–Crippen MR) is 138 cm³/mol. The summed E-state index contributed by atoms with van der Waals surface area (Å²) in [5, 5.41) is 4.19. The van der Waals surface area contributed by atoms with Crippen molar-refractivity contribution in [3.63, 3.8) is 0 Å². The number of guanidine groups is 1. The molecule has 1 saturated heterocycles. The number of hydrogen-bond acceptors (Lipinski definition) is 4. The van der Waals surface area contributed by atoms with Gasteiger partial charge < -0.3 is 14.6 Å². The van der Waals surface area contributed by atoms with E-state index in [0.717, 1.165) is 80.4 Å². The zero-order chi connectivity index (χ0) is 21.5. The summed E-state index contributed by atoms with van der Waals surface area (Å²) in [6.07, 6.45) is 2.30. The molecule has 2 aromatic rings. The topological polar surface area (TPSA) is 56.9 Å². The zero-order valence-corrected chi connectivity index (χ0v) is 22.1. The number of hydrogen-bond donors (Lipinski definition) is 1. The molecule has 6 nitrogen and oxygen atoms in total. The van der Waals surface area contributed by atoms with Crippen LogP contribution >= 0.6 is 35.6 Å². The number of nitrogens with one attached hydrogen (secondary N) is 1. The molecule has 2 heterocycles. The molecule has 8 heteroatoms. The number of likely N-dealkylation sites (tertiary alicyclic amines) is 1. The molecule has 1 aliphatic rings. The van der Waals surface area contributed by atoms with E-state index < -0.39 is 0 Å². The molecule has 0 saturated carbocycles. The van der Waals surface area contributed by atoms with E-state index in [9.17, 15) is 0 Å². The molecule has 31 heavy (non-hydrogen) atoms. The van der Waals surface area contributed by atoms with Crippen molar-refractivity contribution in [3.05, 3.63) is 52.2 Å². The Morgan fingerprint density at radius 1 is 1.32 bits per heavy atom. The standard InChI is InChI=1S/C23H34ClN5O.HI/c1-5-25-23(28(4)15-20-7-6-8-21(24)13-20)26-14-19-9-11-29(12-10-19)16-22-27-17(2)18(3)30-22;/h6-8,13,19H,5,9-12,14-16H2,1-4H3,(H,25,26);1H. The van der Waals surface area contributed by atoms with Crippen LogP contribution in [0.2, 0.25) is 5.02 Å². The molecule has 0 spiro atoms. The molecule has 3 rings (SSSR count). The minimum Gasteiger partial charge on any atom is -0.444 e. The van der Waals surface area contributed by atoms with Gasteiger partial charge in [0.05, 0.1) is 12.2 Å². The SMILES string of the molecule is CCNC(=NCC1CCN(Cc2nc(C)c(C)o2)CC1)N(C)Cc1cccc(Cl)c1.I. The Hall–Kier alpha value is -1.32. The third-order valence-corrected chi connectivity index (χ3v) is 5.88. The number of aryl methyl sites for hydroxylation is 2. The van der Waals surface area contributed by atoms with E-state index in [0.29, 0.717) is 5.92 Å². The monoisotopic (exact) mass is 559 g/mol. The number of rotatable bonds is 7. The summed E-state index contributed by atoms with van der Waals surface area (Å²) in [6, 6.07) is 8.00. The highest BCUT2D eigenvalue weighted by molar-refractivity contribution is 14.0. The summed E-state index contributed by atoms with van der Waals surface area (Å²) in [7, 11) is 2.07. The van der Waals surface area contributed by atoms with Gasteiger partial charge in [-0.2, -0.15) is 0 Å². The maximum Gasteiger partial charge on any atom is 0.208 e. The van der Waals surface area contributed by atoms with Gasteiger partial charge in [0.25, 0.3) is 0 Å². The van der Waals surface area contributed by atoms with Gasteiger partial charge in [0.1, 0.15) is 5.76 Å². The van der Waals surface area contributed by atoms with E-state index >= 15 is 0 Å². The lowest BCUT2D eigenvalue weighted by atomic mass is 9.97. The lowest BCUT2D eigenvalue weighted by Crippen LogP contribution is -2.39. The maximum absolute atomic E-state index is 6.13. The van der Waals surface area contributed by atoms with Crippen molar-refractivity contribution in [1.82, 2.24) is 20.1 Å². The second-order valence-corrected chi connectivity index (χ2v) is 8.59. The largest absolute Gasteiger partial charge is 0.444 e. The highest BCUT2D eigenvalue weighted by Gasteiger charge is 2.21. The lowest BCUT2D eigenvalue weighted by Gasteiger charge is -2.30. The van der Waals surface area contributed by atoms with Crippen LogP contribution in [0.4, 0.5) is 0 Å². The maximum atomic E-state index is 6.13. The highest BCUT2D eigenvalue weighted by Crippen LogP contribution is 2.20. The van der Waals surface area contributed by atoms with Crippen LogP contribution in [0.3, 0.4) is 0 Å². The Balaban J connectivity index is 0.00000341. The minimum absolute atomic E-state index is 0. The molecule has 0 unspecified atom stereocenters. The van der Waals surface area contributed by atoms with Crippen LogP contribution in [-0.2, 0) is 13.1 Å². The molecule has 0 amide bonds. The molecule has 0 bridgehead atoms. The molecular formula is C23H35ClIN5O. The van der Waals surface area contributed by atoms with Gasteiger partial charge in [-0.3, -0.25) is 9.89 Å². The van der Waals surface area contributed by atoms with Crippen LogP contribution in [0, 0.1) is 19.8 Å². The highest BCUT2D eigenvalue weighted by atomic mass is 127. The molecular weight excluding hydrogens is 525 g/mol. The fourth-order valence-electron chi connectivity index (χ4n) is 3.79. The first-order valence-corrected chi connectivity index (χ1v) is 11.2. The van der Waals surface area contributed by atoms with Crippen molar-refractivity contribution < 1.29 is 4.42 Å². The van der Waals surface area contributed by atoms with Gasteiger partial charge in [-0.05, 0) is 70.3 Å². The Bertz CT molecular complexity index is 829. The number of halogens is 2. The number of benzene rings is 1. The number of nitrogens with zero attached hydrogens (tertiary/aromatic N) is 4. The van der Waals surface area contributed by atoms with Crippen molar-refractivity contribution in [2.75, 3.05) is 33.2 Å². The van der Waals surface area contributed by atoms with E-state index in [4.69, 9.17) is 21.0 Å². The van der Waals surface area contributed by atoms with Gasteiger partial charge in [-0.15, -0.1) is 24.0 Å². The Morgan fingerprint density at radius 2 is 2.06 bits per heavy atom. The zero-order valence-electron chi connectivity index (χ0n) is 19.0. The molecule has 1 aliphatic heterocycles. The summed E-state index contributed by atoms with van der Waals surface area (Å²) < 4.78 is 5.74. The van der Waals surface area contributed by atoms with E-state index in [1.54, 1.807) is 0 Å². The molecule has 172 valence electrons. The quantitative estimate of drug-likeness (QED) is 0.298. The molecule has 1 fully saturated rings. The van der Waals surface area contributed by atoms with Crippen molar-refractivity contribution >= 4 is 41.5 Å². The molecule has 0 atom stereocenters. The second kappa shape index (κ2) is 12.6. The lowest BCUT2D eigenvalue weighted by molar-refractivity contribution is 0.166. The predicted octanol–water partition coefficient (Wildman–Crippen LogP) is 4.87. The summed E-state index contributed by atoms with van der Waals surface area (Å²) in [5.74, 6) is 3.32. The third-order valence-electron chi connectivity index (χ3n) is 5.64.